The average molecular weight is 381 g/mol. The number of hydrogen-bond acceptors (Lipinski definition) is 1. The van der Waals surface area contributed by atoms with Crippen LogP contribution in [-0.4, -0.2) is 15.5 Å². The molecule has 4 nitrogen and oxygen atoms in total. The number of aromatic amines is 1. The summed E-state index contributed by atoms with van der Waals surface area (Å²) >= 11 is 0. The van der Waals surface area contributed by atoms with Crippen molar-refractivity contribution in [1.29, 1.82) is 0 Å². The van der Waals surface area contributed by atoms with Crippen molar-refractivity contribution < 1.29 is 4.79 Å². The monoisotopic (exact) mass is 381 g/mol. The van der Waals surface area contributed by atoms with Crippen molar-refractivity contribution in [2.75, 3.05) is 5.32 Å². The van der Waals surface area contributed by atoms with Crippen LogP contribution in [0.3, 0.4) is 0 Å². The molecular formula is C25H23N3O. The van der Waals surface area contributed by atoms with E-state index in [-0.39, 0.29) is 5.91 Å². The van der Waals surface area contributed by atoms with Gasteiger partial charge in [0.1, 0.15) is 0 Å². The maximum atomic E-state index is 12.6. The highest BCUT2D eigenvalue weighted by molar-refractivity contribution is 6.09. The molecule has 0 bridgehead atoms. The van der Waals surface area contributed by atoms with Crippen molar-refractivity contribution in [2.24, 2.45) is 0 Å². The first-order valence-corrected chi connectivity index (χ1v) is 10.1. The molecule has 0 saturated carbocycles. The number of aromatic nitrogens is 2. The van der Waals surface area contributed by atoms with Crippen LogP contribution in [0.25, 0.3) is 32.7 Å². The second-order valence-electron chi connectivity index (χ2n) is 7.40. The lowest BCUT2D eigenvalue weighted by molar-refractivity contribution is -0.116. The highest BCUT2D eigenvalue weighted by Crippen LogP contribution is 2.31. The normalized spacial score (nSPS) is 11.5. The largest absolute Gasteiger partial charge is 0.361 e. The molecule has 0 spiro atoms. The Morgan fingerprint density at radius 1 is 0.931 bits per heavy atom. The summed E-state index contributed by atoms with van der Waals surface area (Å²) in [7, 11) is 0. The quantitative estimate of drug-likeness (QED) is 0.393. The molecule has 0 fully saturated rings. The Morgan fingerprint density at radius 3 is 2.55 bits per heavy atom. The fourth-order valence-corrected chi connectivity index (χ4v) is 4.28. The number of fused-ring (bicyclic) bond motifs is 4. The molecule has 2 heterocycles. The van der Waals surface area contributed by atoms with E-state index in [1.54, 1.807) is 0 Å². The number of nitrogens with zero attached hydrogens (tertiary/aromatic N) is 1. The summed E-state index contributed by atoms with van der Waals surface area (Å²) in [5, 5.41) is 6.67. The molecule has 0 unspecified atom stereocenters. The number of hydrogen-bond donors (Lipinski definition) is 2. The van der Waals surface area contributed by atoms with E-state index >= 15 is 0 Å². The minimum absolute atomic E-state index is 0.0360. The number of amides is 1. The van der Waals surface area contributed by atoms with Crippen LogP contribution in [-0.2, 0) is 17.8 Å². The zero-order valence-electron chi connectivity index (χ0n) is 16.4. The van der Waals surface area contributed by atoms with Gasteiger partial charge in [-0.3, -0.25) is 4.79 Å². The highest BCUT2D eigenvalue weighted by Gasteiger charge is 2.11. The first kappa shape index (κ1) is 17.6. The topological polar surface area (TPSA) is 49.8 Å². The van der Waals surface area contributed by atoms with Gasteiger partial charge >= 0.3 is 0 Å². The number of aryl methyl sites for hydroxylation is 2. The van der Waals surface area contributed by atoms with Crippen LogP contribution >= 0.6 is 0 Å². The summed E-state index contributed by atoms with van der Waals surface area (Å²) in [6, 6.07) is 22.8. The highest BCUT2D eigenvalue weighted by atomic mass is 16.1. The number of rotatable bonds is 5. The van der Waals surface area contributed by atoms with Crippen LogP contribution in [0.2, 0.25) is 0 Å². The molecule has 5 rings (SSSR count). The van der Waals surface area contributed by atoms with Gasteiger partial charge in [-0.25, -0.2) is 0 Å². The third-order valence-electron chi connectivity index (χ3n) is 5.67. The van der Waals surface area contributed by atoms with Crippen LogP contribution in [0.5, 0.6) is 0 Å². The SMILES string of the molecule is CCn1c2ccccc2c2cc(NC(=O)CCc3c[nH]c4ccccc34)ccc21. The van der Waals surface area contributed by atoms with E-state index in [1.807, 2.05) is 24.4 Å². The first-order chi connectivity index (χ1) is 14.2. The van der Waals surface area contributed by atoms with Gasteiger partial charge in [0.2, 0.25) is 5.91 Å². The van der Waals surface area contributed by atoms with Gasteiger partial charge in [0, 0.05) is 57.6 Å². The summed E-state index contributed by atoms with van der Waals surface area (Å²) in [4.78, 5) is 15.9. The standard InChI is InChI=1S/C25H23N3O/c1-2-28-23-10-6-4-8-20(23)21-15-18(12-13-24(21)28)27-25(29)14-11-17-16-26-22-9-5-3-7-19(17)22/h3-10,12-13,15-16,26H,2,11,14H2,1H3,(H,27,29). The van der Waals surface area contributed by atoms with Gasteiger partial charge in [0.05, 0.1) is 0 Å². The van der Waals surface area contributed by atoms with Gasteiger partial charge in [-0.05, 0) is 49.2 Å². The molecule has 0 saturated heterocycles. The van der Waals surface area contributed by atoms with E-state index < -0.39 is 0 Å². The zero-order chi connectivity index (χ0) is 19.8. The molecule has 2 N–H and O–H groups in total. The Kier molecular flexibility index (Phi) is 4.32. The van der Waals surface area contributed by atoms with E-state index in [0.717, 1.165) is 17.7 Å². The molecule has 4 heteroatoms. The number of carbonyl (C=O) groups excluding carboxylic acids is 1. The Labute approximate surface area is 169 Å². The number of H-pyrrole nitrogens is 1. The number of nitrogens with one attached hydrogen (secondary N) is 2. The van der Waals surface area contributed by atoms with Gasteiger partial charge < -0.3 is 14.9 Å². The van der Waals surface area contributed by atoms with Crippen molar-refractivity contribution in [3.8, 4) is 0 Å². The molecule has 29 heavy (non-hydrogen) atoms. The Balaban J connectivity index is 1.37. The summed E-state index contributed by atoms with van der Waals surface area (Å²) < 4.78 is 2.31. The van der Waals surface area contributed by atoms with E-state index in [0.29, 0.717) is 12.8 Å². The maximum absolute atomic E-state index is 12.6. The number of para-hydroxylation sites is 2. The predicted molar refractivity (Wildman–Crippen MR) is 120 cm³/mol. The molecule has 144 valence electrons. The van der Waals surface area contributed by atoms with Crippen LogP contribution in [0.4, 0.5) is 5.69 Å². The molecular weight excluding hydrogens is 358 g/mol. The van der Waals surface area contributed by atoms with Crippen molar-refractivity contribution >= 4 is 44.3 Å². The molecule has 1 amide bonds. The second kappa shape index (κ2) is 7.13. The molecule has 3 aromatic carbocycles. The lowest BCUT2D eigenvalue weighted by Gasteiger charge is -2.07. The Morgan fingerprint density at radius 2 is 1.69 bits per heavy atom. The van der Waals surface area contributed by atoms with E-state index in [9.17, 15) is 4.79 Å². The lowest BCUT2D eigenvalue weighted by Crippen LogP contribution is -2.12. The molecule has 2 aromatic heterocycles. The van der Waals surface area contributed by atoms with Crippen molar-refractivity contribution in [2.45, 2.75) is 26.3 Å². The van der Waals surface area contributed by atoms with Crippen LogP contribution in [0.15, 0.2) is 72.9 Å². The number of benzene rings is 3. The van der Waals surface area contributed by atoms with Crippen LogP contribution < -0.4 is 5.32 Å². The van der Waals surface area contributed by atoms with E-state index in [2.05, 4.69) is 70.3 Å². The molecule has 0 aliphatic carbocycles. The molecule has 0 aliphatic heterocycles. The summed E-state index contributed by atoms with van der Waals surface area (Å²) in [5.41, 5.74) is 5.57. The zero-order valence-corrected chi connectivity index (χ0v) is 16.4. The van der Waals surface area contributed by atoms with Crippen molar-refractivity contribution in [3.63, 3.8) is 0 Å². The molecule has 0 aliphatic rings. The fourth-order valence-electron chi connectivity index (χ4n) is 4.28. The lowest BCUT2D eigenvalue weighted by atomic mass is 10.1. The first-order valence-electron chi connectivity index (χ1n) is 10.1. The third-order valence-corrected chi connectivity index (χ3v) is 5.67. The maximum Gasteiger partial charge on any atom is 0.224 e. The van der Waals surface area contributed by atoms with Gasteiger partial charge in [-0.1, -0.05) is 36.4 Å². The van der Waals surface area contributed by atoms with Gasteiger partial charge in [0.15, 0.2) is 0 Å². The minimum Gasteiger partial charge on any atom is -0.361 e. The van der Waals surface area contributed by atoms with Crippen LogP contribution in [0, 0.1) is 0 Å². The van der Waals surface area contributed by atoms with Crippen LogP contribution in [0.1, 0.15) is 18.9 Å². The molecule has 0 radical (unpaired) electrons. The third kappa shape index (κ3) is 3.07. The van der Waals surface area contributed by atoms with Gasteiger partial charge in [0.25, 0.3) is 0 Å². The fraction of sp³-hybridized carbons (Fsp3) is 0.160. The molecule has 0 atom stereocenters. The average Bonchev–Trinajstić information content (AvgIpc) is 3.31. The minimum atomic E-state index is 0.0360. The Hall–Kier alpha value is -3.53. The van der Waals surface area contributed by atoms with Crippen molar-refractivity contribution in [3.05, 3.63) is 78.5 Å². The predicted octanol–water partition coefficient (Wildman–Crippen LogP) is 5.87. The van der Waals surface area contributed by atoms with Crippen molar-refractivity contribution in [1.82, 2.24) is 9.55 Å². The Bertz CT molecular complexity index is 1340. The van der Waals surface area contributed by atoms with E-state index in [1.165, 1.54) is 32.8 Å². The summed E-state index contributed by atoms with van der Waals surface area (Å²) in [5.74, 6) is 0.0360. The smallest absolute Gasteiger partial charge is 0.224 e. The second-order valence-corrected chi connectivity index (χ2v) is 7.40. The summed E-state index contributed by atoms with van der Waals surface area (Å²) in [6.07, 6.45) is 3.17. The molecule has 5 aromatic rings. The number of carbonyl (C=O) groups is 1. The van der Waals surface area contributed by atoms with Gasteiger partial charge in [-0.2, -0.15) is 0 Å². The van der Waals surface area contributed by atoms with Gasteiger partial charge in [-0.15, -0.1) is 0 Å². The van der Waals surface area contributed by atoms with E-state index in [4.69, 9.17) is 0 Å². The summed E-state index contributed by atoms with van der Waals surface area (Å²) in [6.45, 7) is 3.08. The number of anilines is 1.